The number of imide groups is 1. The highest BCUT2D eigenvalue weighted by Crippen LogP contribution is 2.18. The van der Waals surface area contributed by atoms with Gasteiger partial charge in [-0.1, -0.05) is 12.1 Å². The van der Waals surface area contributed by atoms with Crippen molar-refractivity contribution in [2.24, 2.45) is 0 Å². The van der Waals surface area contributed by atoms with E-state index in [1.54, 1.807) is 49.6 Å². The van der Waals surface area contributed by atoms with E-state index in [0.29, 0.717) is 24.5 Å². The van der Waals surface area contributed by atoms with Gasteiger partial charge in [-0.15, -0.1) is 0 Å². The number of carbonyl (C=O) groups excluding carboxylic acids is 3. The predicted molar refractivity (Wildman–Crippen MR) is 104 cm³/mol. The largest absolute Gasteiger partial charge is 0.497 e. The molecule has 0 aliphatic heterocycles. The second kappa shape index (κ2) is 11.3. The summed E-state index contributed by atoms with van der Waals surface area (Å²) in [4.78, 5) is 35.6. The SMILES string of the molecule is COc1ccc(OCCCC(=O)OCC(=O)NC(=O)c2ccccc2OC)cc1. The first kappa shape index (κ1) is 21.7. The Kier molecular flexibility index (Phi) is 8.50. The number of nitrogens with one attached hydrogen (secondary N) is 1. The third kappa shape index (κ3) is 7.17. The molecule has 0 spiro atoms. The number of methoxy groups -OCH3 is 2. The van der Waals surface area contributed by atoms with E-state index in [4.69, 9.17) is 18.9 Å². The van der Waals surface area contributed by atoms with Crippen molar-refractivity contribution in [1.29, 1.82) is 0 Å². The number of para-hydroxylation sites is 1. The lowest BCUT2D eigenvalue weighted by Gasteiger charge is -2.09. The van der Waals surface area contributed by atoms with Crippen molar-refractivity contribution in [2.75, 3.05) is 27.4 Å². The molecular formula is C21H23NO7. The number of benzene rings is 2. The summed E-state index contributed by atoms with van der Waals surface area (Å²) < 4.78 is 20.5. The Hall–Kier alpha value is -3.55. The minimum Gasteiger partial charge on any atom is -0.497 e. The molecular weight excluding hydrogens is 378 g/mol. The number of carbonyl (C=O) groups is 3. The van der Waals surface area contributed by atoms with Crippen molar-refractivity contribution in [2.45, 2.75) is 12.8 Å². The predicted octanol–water partition coefficient (Wildman–Crippen LogP) is 2.36. The monoisotopic (exact) mass is 401 g/mol. The van der Waals surface area contributed by atoms with Crippen LogP contribution in [0.25, 0.3) is 0 Å². The normalized spacial score (nSPS) is 10.0. The Labute approximate surface area is 168 Å². The molecule has 0 atom stereocenters. The molecule has 8 nitrogen and oxygen atoms in total. The van der Waals surface area contributed by atoms with Gasteiger partial charge in [0.05, 0.1) is 26.4 Å². The molecule has 29 heavy (non-hydrogen) atoms. The van der Waals surface area contributed by atoms with Crippen molar-refractivity contribution in [3.05, 3.63) is 54.1 Å². The van der Waals surface area contributed by atoms with Crippen LogP contribution in [0.2, 0.25) is 0 Å². The molecule has 1 N–H and O–H groups in total. The molecule has 2 rings (SSSR count). The summed E-state index contributed by atoms with van der Waals surface area (Å²) >= 11 is 0. The van der Waals surface area contributed by atoms with Gasteiger partial charge < -0.3 is 18.9 Å². The molecule has 0 aliphatic carbocycles. The van der Waals surface area contributed by atoms with Crippen LogP contribution in [0.1, 0.15) is 23.2 Å². The highest BCUT2D eigenvalue weighted by molar-refractivity contribution is 6.06. The number of esters is 1. The van der Waals surface area contributed by atoms with Crippen LogP contribution in [0.15, 0.2) is 48.5 Å². The van der Waals surface area contributed by atoms with Gasteiger partial charge in [0.1, 0.15) is 17.2 Å². The molecule has 0 bridgehead atoms. The van der Waals surface area contributed by atoms with Gasteiger partial charge in [-0.05, 0) is 42.8 Å². The van der Waals surface area contributed by atoms with Gasteiger partial charge in [-0.3, -0.25) is 19.7 Å². The van der Waals surface area contributed by atoms with Gasteiger partial charge in [0, 0.05) is 6.42 Å². The summed E-state index contributed by atoms with van der Waals surface area (Å²) in [6, 6.07) is 13.6. The fourth-order valence-electron chi connectivity index (χ4n) is 2.36. The van der Waals surface area contributed by atoms with E-state index in [2.05, 4.69) is 5.32 Å². The Morgan fingerprint density at radius 3 is 2.28 bits per heavy atom. The first-order valence-corrected chi connectivity index (χ1v) is 8.93. The molecule has 154 valence electrons. The average Bonchev–Trinajstić information content (AvgIpc) is 2.75. The molecule has 0 fully saturated rings. The average molecular weight is 401 g/mol. The van der Waals surface area contributed by atoms with E-state index >= 15 is 0 Å². The second-order valence-electron chi connectivity index (χ2n) is 5.87. The van der Waals surface area contributed by atoms with E-state index in [1.165, 1.54) is 13.2 Å². The molecule has 0 unspecified atom stereocenters. The van der Waals surface area contributed by atoms with E-state index in [-0.39, 0.29) is 12.0 Å². The fraction of sp³-hybridized carbons (Fsp3) is 0.286. The third-order valence-electron chi connectivity index (χ3n) is 3.82. The third-order valence-corrected chi connectivity index (χ3v) is 3.82. The Morgan fingerprint density at radius 2 is 1.59 bits per heavy atom. The quantitative estimate of drug-likeness (QED) is 0.482. The molecule has 0 saturated heterocycles. The first-order valence-electron chi connectivity index (χ1n) is 8.93. The highest BCUT2D eigenvalue weighted by atomic mass is 16.5. The summed E-state index contributed by atoms with van der Waals surface area (Å²) in [7, 11) is 3.00. The van der Waals surface area contributed by atoms with Crippen LogP contribution in [-0.4, -0.2) is 45.2 Å². The summed E-state index contributed by atoms with van der Waals surface area (Å²) in [5, 5.41) is 2.15. The second-order valence-corrected chi connectivity index (χ2v) is 5.87. The smallest absolute Gasteiger partial charge is 0.306 e. The highest BCUT2D eigenvalue weighted by Gasteiger charge is 2.15. The zero-order valence-electron chi connectivity index (χ0n) is 16.3. The summed E-state index contributed by atoms with van der Waals surface area (Å²) in [5.41, 5.74) is 0.213. The standard InChI is InChI=1S/C21H23NO7/c1-26-15-9-11-16(12-10-15)28-13-5-8-20(24)29-14-19(23)22-21(25)17-6-3-4-7-18(17)27-2/h3-4,6-7,9-12H,5,8,13-14H2,1-2H3,(H,22,23,25). The topological polar surface area (TPSA) is 100 Å². The van der Waals surface area contributed by atoms with Crippen molar-refractivity contribution >= 4 is 17.8 Å². The van der Waals surface area contributed by atoms with Gasteiger partial charge in [0.25, 0.3) is 11.8 Å². The number of amides is 2. The lowest BCUT2D eigenvalue weighted by Crippen LogP contribution is -2.34. The zero-order chi connectivity index (χ0) is 21.1. The Morgan fingerprint density at radius 1 is 0.897 bits per heavy atom. The van der Waals surface area contributed by atoms with Crippen molar-refractivity contribution in [3.8, 4) is 17.2 Å². The van der Waals surface area contributed by atoms with E-state index in [0.717, 1.165) is 5.75 Å². The van der Waals surface area contributed by atoms with Gasteiger partial charge >= 0.3 is 5.97 Å². The van der Waals surface area contributed by atoms with Gasteiger partial charge in [-0.25, -0.2) is 0 Å². The Balaban J connectivity index is 1.65. The molecule has 0 saturated carbocycles. The molecule has 0 aromatic heterocycles. The molecule has 2 aromatic carbocycles. The van der Waals surface area contributed by atoms with Crippen molar-refractivity contribution in [3.63, 3.8) is 0 Å². The van der Waals surface area contributed by atoms with E-state index < -0.39 is 24.4 Å². The molecule has 8 heteroatoms. The number of rotatable bonds is 10. The number of hydrogen-bond acceptors (Lipinski definition) is 7. The maximum atomic E-state index is 12.1. The van der Waals surface area contributed by atoms with E-state index in [1.807, 2.05) is 0 Å². The summed E-state index contributed by atoms with van der Waals surface area (Å²) in [5.74, 6) is -0.174. The maximum Gasteiger partial charge on any atom is 0.306 e. The molecule has 0 heterocycles. The molecule has 2 amide bonds. The molecule has 0 aliphatic rings. The minimum atomic E-state index is -0.719. The molecule has 2 aromatic rings. The number of hydrogen-bond donors (Lipinski definition) is 1. The molecule has 0 radical (unpaired) electrons. The van der Waals surface area contributed by atoms with Gasteiger partial charge in [0.15, 0.2) is 6.61 Å². The Bertz CT molecular complexity index is 833. The summed E-state index contributed by atoms with van der Waals surface area (Å²) in [6.07, 6.45) is 0.510. The lowest BCUT2D eigenvalue weighted by molar-refractivity contribution is -0.148. The lowest BCUT2D eigenvalue weighted by atomic mass is 10.2. The van der Waals surface area contributed by atoms with Crippen molar-refractivity contribution < 1.29 is 33.3 Å². The first-order chi connectivity index (χ1) is 14.0. The van der Waals surface area contributed by atoms with Crippen molar-refractivity contribution in [1.82, 2.24) is 5.32 Å². The number of ether oxygens (including phenoxy) is 4. The van der Waals surface area contributed by atoms with Crippen LogP contribution in [0.5, 0.6) is 17.2 Å². The van der Waals surface area contributed by atoms with Gasteiger partial charge in [0.2, 0.25) is 0 Å². The van der Waals surface area contributed by atoms with Crippen LogP contribution in [0.4, 0.5) is 0 Å². The van der Waals surface area contributed by atoms with Gasteiger partial charge in [-0.2, -0.15) is 0 Å². The van der Waals surface area contributed by atoms with Crippen LogP contribution >= 0.6 is 0 Å². The van der Waals surface area contributed by atoms with Crippen LogP contribution < -0.4 is 19.5 Å². The van der Waals surface area contributed by atoms with Crippen LogP contribution in [-0.2, 0) is 14.3 Å². The zero-order valence-corrected chi connectivity index (χ0v) is 16.3. The maximum absolute atomic E-state index is 12.1. The van der Waals surface area contributed by atoms with Crippen LogP contribution in [0, 0.1) is 0 Å². The van der Waals surface area contributed by atoms with E-state index in [9.17, 15) is 14.4 Å². The summed E-state index contributed by atoms with van der Waals surface area (Å²) in [6.45, 7) is -0.223. The fourth-order valence-corrected chi connectivity index (χ4v) is 2.36. The minimum absolute atomic E-state index is 0.0872. The van der Waals surface area contributed by atoms with Crippen LogP contribution in [0.3, 0.4) is 0 Å².